The lowest BCUT2D eigenvalue weighted by molar-refractivity contribution is -0.178. The Morgan fingerprint density at radius 2 is 1.33 bits per heavy atom. The van der Waals surface area contributed by atoms with Gasteiger partial charge in [-0.1, -0.05) is 12.1 Å². The fraction of sp³-hybridized carbons (Fsp3) is 0.524. The summed E-state index contributed by atoms with van der Waals surface area (Å²) in [7, 11) is 0. The number of anilines is 1. The number of benzene rings is 1. The van der Waals surface area contributed by atoms with Crippen molar-refractivity contribution < 1.29 is 33.8 Å². The van der Waals surface area contributed by atoms with Gasteiger partial charge in [0, 0.05) is 5.69 Å². The average molecular weight is 422 g/mol. The summed E-state index contributed by atoms with van der Waals surface area (Å²) in [5, 5.41) is 11.3. The molecule has 9 nitrogen and oxygen atoms in total. The van der Waals surface area contributed by atoms with Crippen LogP contribution in [0.2, 0.25) is 0 Å². The van der Waals surface area contributed by atoms with Gasteiger partial charge in [-0.15, -0.1) is 0 Å². The molecule has 0 radical (unpaired) electrons. The third-order valence-corrected chi connectivity index (χ3v) is 3.56. The van der Waals surface area contributed by atoms with Crippen LogP contribution >= 0.6 is 0 Å². The number of aliphatic carboxylic acids is 1. The van der Waals surface area contributed by atoms with E-state index in [-0.39, 0.29) is 6.42 Å². The van der Waals surface area contributed by atoms with Crippen molar-refractivity contribution in [3.63, 3.8) is 0 Å². The third-order valence-electron chi connectivity index (χ3n) is 3.56. The molecule has 1 amide bonds. The Labute approximate surface area is 175 Å². The molecule has 0 aliphatic carbocycles. The second-order valence-electron chi connectivity index (χ2n) is 8.97. The van der Waals surface area contributed by atoms with Gasteiger partial charge in [0.25, 0.3) is 0 Å². The maximum absolute atomic E-state index is 12.7. The molecule has 9 heteroatoms. The number of nitrogens with one attached hydrogen (secondary N) is 1. The molecule has 0 aliphatic rings. The van der Waals surface area contributed by atoms with Crippen molar-refractivity contribution >= 4 is 29.5 Å². The van der Waals surface area contributed by atoms with Crippen LogP contribution in [-0.4, -0.2) is 45.7 Å². The number of carbonyl (C=O) groups excluding carboxylic acids is 3. The zero-order chi connectivity index (χ0) is 23.3. The number of carbonyl (C=O) groups is 4. The fourth-order valence-corrected chi connectivity index (χ4v) is 2.30. The molecule has 1 aromatic carbocycles. The Hall–Kier alpha value is -2.94. The molecule has 166 valence electrons. The monoisotopic (exact) mass is 422 g/mol. The third kappa shape index (κ3) is 8.20. The molecule has 30 heavy (non-hydrogen) atoms. The van der Waals surface area contributed by atoms with Crippen molar-refractivity contribution in [3.8, 4) is 0 Å². The van der Waals surface area contributed by atoms with Crippen LogP contribution in [0.4, 0.5) is 5.69 Å². The summed E-state index contributed by atoms with van der Waals surface area (Å²) in [4.78, 5) is 48.6. The number of hydrogen-bond donors (Lipinski definition) is 3. The highest BCUT2D eigenvalue weighted by Crippen LogP contribution is 2.22. The molecule has 1 aromatic rings. The highest BCUT2D eigenvalue weighted by molar-refractivity contribution is 6.09. The minimum Gasteiger partial charge on any atom is -0.481 e. The Morgan fingerprint density at radius 3 is 1.70 bits per heavy atom. The number of hydrogen-bond acceptors (Lipinski definition) is 7. The summed E-state index contributed by atoms with van der Waals surface area (Å²) in [6.07, 6.45) is -0.856. The van der Waals surface area contributed by atoms with Gasteiger partial charge < -0.3 is 25.6 Å². The van der Waals surface area contributed by atoms with Gasteiger partial charge in [-0.05, 0) is 59.2 Å². The van der Waals surface area contributed by atoms with Crippen LogP contribution in [0.5, 0.6) is 0 Å². The number of esters is 2. The standard InChI is InChI=1S/C21H30N2O7/c1-19(2,3)29-17(27)21(22,18(28)30-20(4,5)6)12-15(24)23-14-9-7-13(8-10-14)11-16(25)26/h7-10H,11-12,22H2,1-6H3,(H,23,24)(H,25,26). The lowest BCUT2D eigenvalue weighted by atomic mass is 9.95. The van der Waals surface area contributed by atoms with Gasteiger partial charge in [0.15, 0.2) is 0 Å². The van der Waals surface area contributed by atoms with Gasteiger partial charge in [0.1, 0.15) is 11.2 Å². The van der Waals surface area contributed by atoms with E-state index in [4.69, 9.17) is 20.3 Å². The molecule has 4 N–H and O–H groups in total. The predicted molar refractivity (Wildman–Crippen MR) is 110 cm³/mol. The molecule has 0 unspecified atom stereocenters. The first kappa shape index (κ1) is 25.1. The lowest BCUT2D eigenvalue weighted by Gasteiger charge is -2.31. The van der Waals surface area contributed by atoms with E-state index in [1.54, 1.807) is 53.7 Å². The molecule has 0 aliphatic heterocycles. The van der Waals surface area contributed by atoms with Gasteiger partial charge in [0.05, 0.1) is 12.8 Å². The fourth-order valence-electron chi connectivity index (χ4n) is 2.30. The topological polar surface area (TPSA) is 145 Å². The van der Waals surface area contributed by atoms with Crippen molar-refractivity contribution in [3.05, 3.63) is 29.8 Å². The SMILES string of the molecule is CC(C)(C)OC(=O)C(N)(CC(=O)Nc1ccc(CC(=O)O)cc1)C(=O)OC(C)(C)C. The Kier molecular flexibility index (Phi) is 7.74. The van der Waals surface area contributed by atoms with Crippen LogP contribution in [0.15, 0.2) is 24.3 Å². The smallest absolute Gasteiger partial charge is 0.338 e. The summed E-state index contributed by atoms with van der Waals surface area (Å²) >= 11 is 0. The molecule has 0 fully saturated rings. The summed E-state index contributed by atoms with van der Waals surface area (Å²) in [6, 6.07) is 6.10. The molecule has 0 saturated carbocycles. The molecular weight excluding hydrogens is 392 g/mol. The van der Waals surface area contributed by atoms with Crippen molar-refractivity contribution in [2.45, 2.75) is 71.1 Å². The van der Waals surface area contributed by atoms with Crippen LogP contribution < -0.4 is 11.1 Å². The van der Waals surface area contributed by atoms with E-state index in [0.717, 1.165) is 0 Å². The predicted octanol–water partition coefficient (Wildman–Crippen LogP) is 2.02. The second kappa shape index (κ2) is 9.25. The molecule has 0 bridgehead atoms. The largest absolute Gasteiger partial charge is 0.481 e. The van der Waals surface area contributed by atoms with Crippen LogP contribution in [-0.2, 0) is 35.1 Å². The lowest BCUT2D eigenvalue weighted by Crippen LogP contribution is -2.60. The van der Waals surface area contributed by atoms with E-state index in [0.29, 0.717) is 11.3 Å². The van der Waals surface area contributed by atoms with E-state index in [1.165, 1.54) is 12.1 Å². The van der Waals surface area contributed by atoms with Crippen molar-refractivity contribution in [1.29, 1.82) is 0 Å². The summed E-state index contributed by atoms with van der Waals surface area (Å²) in [6.45, 7) is 9.66. The van der Waals surface area contributed by atoms with Crippen LogP contribution in [0, 0.1) is 0 Å². The Morgan fingerprint density at radius 1 is 0.900 bits per heavy atom. The quantitative estimate of drug-likeness (QED) is 0.447. The molecule has 0 spiro atoms. The summed E-state index contributed by atoms with van der Waals surface area (Å²) in [5.74, 6) is -3.83. The zero-order valence-corrected chi connectivity index (χ0v) is 18.2. The first-order chi connectivity index (χ1) is 13.5. The Bertz CT molecular complexity index is 774. The first-order valence-corrected chi connectivity index (χ1v) is 9.38. The normalized spacial score (nSPS) is 12.1. The summed E-state index contributed by atoms with van der Waals surface area (Å²) in [5.41, 5.74) is 2.76. The van der Waals surface area contributed by atoms with Gasteiger partial charge in [0.2, 0.25) is 11.4 Å². The summed E-state index contributed by atoms with van der Waals surface area (Å²) < 4.78 is 10.5. The minimum atomic E-state index is -2.34. The number of rotatable bonds is 7. The number of amides is 1. The van der Waals surface area contributed by atoms with E-state index in [2.05, 4.69) is 5.32 Å². The van der Waals surface area contributed by atoms with Crippen molar-refractivity contribution in [2.24, 2.45) is 5.73 Å². The maximum atomic E-state index is 12.7. The highest BCUT2D eigenvalue weighted by Gasteiger charge is 2.49. The highest BCUT2D eigenvalue weighted by atomic mass is 16.6. The van der Waals surface area contributed by atoms with E-state index >= 15 is 0 Å². The first-order valence-electron chi connectivity index (χ1n) is 9.38. The van der Waals surface area contributed by atoms with Gasteiger partial charge in [-0.2, -0.15) is 0 Å². The van der Waals surface area contributed by atoms with Crippen molar-refractivity contribution in [1.82, 2.24) is 0 Å². The number of carboxylic acids is 1. The number of nitrogens with two attached hydrogens (primary N) is 1. The maximum Gasteiger partial charge on any atom is 0.338 e. The molecule has 0 atom stereocenters. The molecular formula is C21H30N2O7. The second-order valence-corrected chi connectivity index (χ2v) is 8.97. The van der Waals surface area contributed by atoms with E-state index in [9.17, 15) is 19.2 Å². The van der Waals surface area contributed by atoms with E-state index < -0.39 is 47.0 Å². The molecule has 0 heterocycles. The van der Waals surface area contributed by atoms with Crippen LogP contribution in [0.3, 0.4) is 0 Å². The molecule has 0 saturated heterocycles. The van der Waals surface area contributed by atoms with E-state index in [1.807, 2.05) is 0 Å². The average Bonchev–Trinajstić information content (AvgIpc) is 2.52. The minimum absolute atomic E-state index is 0.155. The number of carboxylic acid groups (broad SMARTS) is 1. The van der Waals surface area contributed by atoms with Gasteiger partial charge in [-0.25, -0.2) is 9.59 Å². The Balaban J connectivity index is 3.02. The molecule has 0 aromatic heterocycles. The molecule has 1 rings (SSSR count). The van der Waals surface area contributed by atoms with Crippen LogP contribution in [0.25, 0.3) is 0 Å². The van der Waals surface area contributed by atoms with Gasteiger partial charge >= 0.3 is 17.9 Å². The number of ether oxygens (including phenoxy) is 2. The zero-order valence-electron chi connectivity index (χ0n) is 18.2. The van der Waals surface area contributed by atoms with Gasteiger partial charge in [-0.3, -0.25) is 9.59 Å². The van der Waals surface area contributed by atoms with Crippen molar-refractivity contribution in [2.75, 3.05) is 5.32 Å². The van der Waals surface area contributed by atoms with Crippen LogP contribution in [0.1, 0.15) is 53.5 Å².